The molecular weight excluding hydrogens is 356 g/mol. The Morgan fingerprint density at radius 3 is 2.92 bits per heavy atom. The van der Waals surface area contributed by atoms with Crippen molar-refractivity contribution in [3.05, 3.63) is 56.7 Å². The molecular formula is C19H21ClN2O2S. The van der Waals surface area contributed by atoms with E-state index < -0.39 is 6.04 Å². The van der Waals surface area contributed by atoms with Crippen LogP contribution in [0.15, 0.2) is 35.7 Å². The first kappa shape index (κ1) is 18.0. The summed E-state index contributed by atoms with van der Waals surface area (Å²) in [4.78, 5) is 27.8. The normalized spacial score (nSPS) is 17.4. The van der Waals surface area contributed by atoms with Crippen LogP contribution in [0.25, 0.3) is 0 Å². The van der Waals surface area contributed by atoms with Gasteiger partial charge in [-0.3, -0.25) is 9.59 Å². The number of hydrogen-bond donors (Lipinski definition) is 1. The molecule has 1 aliphatic heterocycles. The smallest absolute Gasteiger partial charge is 0.264 e. The fraction of sp³-hybridized carbons (Fsp3) is 0.368. The molecule has 0 unspecified atom stereocenters. The molecule has 0 radical (unpaired) electrons. The van der Waals surface area contributed by atoms with Crippen molar-refractivity contribution >= 4 is 34.8 Å². The van der Waals surface area contributed by atoms with Gasteiger partial charge >= 0.3 is 0 Å². The van der Waals surface area contributed by atoms with Crippen LogP contribution in [0.5, 0.6) is 0 Å². The average Bonchev–Trinajstić information content (AvgIpc) is 3.16. The molecule has 0 aliphatic carbocycles. The molecule has 4 nitrogen and oxygen atoms in total. The van der Waals surface area contributed by atoms with Gasteiger partial charge in [0.2, 0.25) is 5.91 Å². The van der Waals surface area contributed by atoms with Gasteiger partial charge in [-0.1, -0.05) is 23.7 Å². The minimum Gasteiger partial charge on any atom is -0.350 e. The van der Waals surface area contributed by atoms with Gasteiger partial charge in [0, 0.05) is 18.1 Å². The third-order valence-electron chi connectivity index (χ3n) is 4.56. The first-order valence-corrected chi connectivity index (χ1v) is 9.69. The van der Waals surface area contributed by atoms with Gasteiger partial charge in [0.05, 0.1) is 4.88 Å². The number of carbonyl (C=O) groups is 2. The summed E-state index contributed by atoms with van der Waals surface area (Å²) in [7, 11) is 0. The molecule has 2 aromatic rings. The van der Waals surface area contributed by atoms with Crippen molar-refractivity contribution in [1.29, 1.82) is 0 Å². The van der Waals surface area contributed by atoms with Crippen LogP contribution >= 0.6 is 22.9 Å². The van der Waals surface area contributed by atoms with Crippen LogP contribution in [0.1, 0.15) is 40.1 Å². The molecule has 2 amide bonds. The van der Waals surface area contributed by atoms with Gasteiger partial charge in [-0.25, -0.2) is 0 Å². The number of rotatable bonds is 4. The highest BCUT2D eigenvalue weighted by atomic mass is 35.5. The van der Waals surface area contributed by atoms with Gasteiger partial charge in [0.15, 0.2) is 0 Å². The Bertz CT molecular complexity index is 761. The second-order valence-corrected chi connectivity index (χ2v) is 7.66. The number of hydrogen-bond acceptors (Lipinski definition) is 3. The molecule has 0 saturated carbocycles. The lowest BCUT2D eigenvalue weighted by Crippen LogP contribution is -2.51. The van der Waals surface area contributed by atoms with E-state index >= 15 is 0 Å². The molecule has 3 rings (SSSR count). The minimum atomic E-state index is -0.400. The summed E-state index contributed by atoms with van der Waals surface area (Å²) in [5, 5.41) is 5.52. The topological polar surface area (TPSA) is 49.4 Å². The van der Waals surface area contributed by atoms with Gasteiger partial charge in [0.25, 0.3) is 5.91 Å². The van der Waals surface area contributed by atoms with E-state index in [9.17, 15) is 9.59 Å². The van der Waals surface area contributed by atoms with Gasteiger partial charge in [-0.2, -0.15) is 0 Å². The minimum absolute atomic E-state index is 0.0474. The molecule has 25 heavy (non-hydrogen) atoms. The zero-order chi connectivity index (χ0) is 17.8. The lowest BCUT2D eigenvalue weighted by Gasteiger charge is -2.34. The third kappa shape index (κ3) is 4.22. The Hall–Kier alpha value is -1.85. The number of thiophene rings is 1. The van der Waals surface area contributed by atoms with E-state index in [0.29, 0.717) is 29.4 Å². The van der Waals surface area contributed by atoms with Crippen LogP contribution in [-0.2, 0) is 11.3 Å². The van der Waals surface area contributed by atoms with Crippen LogP contribution in [-0.4, -0.2) is 29.3 Å². The van der Waals surface area contributed by atoms with Crippen LogP contribution in [0.3, 0.4) is 0 Å². The Morgan fingerprint density at radius 1 is 1.32 bits per heavy atom. The van der Waals surface area contributed by atoms with E-state index in [-0.39, 0.29) is 11.8 Å². The van der Waals surface area contributed by atoms with E-state index in [1.54, 1.807) is 4.90 Å². The SMILES string of the molecule is Cc1ccc(Cl)cc1CNC(=O)[C@@H]1CCCCN1C(=O)c1cccs1. The Labute approximate surface area is 156 Å². The predicted octanol–water partition coefficient (Wildman–Crippen LogP) is 4.02. The highest BCUT2D eigenvalue weighted by Crippen LogP contribution is 2.22. The maximum absolute atomic E-state index is 12.7. The van der Waals surface area contributed by atoms with Crippen LogP contribution in [0.2, 0.25) is 5.02 Å². The monoisotopic (exact) mass is 376 g/mol. The molecule has 1 saturated heterocycles. The Kier molecular flexibility index (Phi) is 5.76. The molecule has 1 fully saturated rings. The molecule has 2 heterocycles. The number of benzene rings is 1. The average molecular weight is 377 g/mol. The van der Waals surface area contributed by atoms with Crippen LogP contribution in [0, 0.1) is 6.92 Å². The lowest BCUT2D eigenvalue weighted by molar-refractivity contribution is -0.126. The Morgan fingerprint density at radius 2 is 2.16 bits per heavy atom. The summed E-state index contributed by atoms with van der Waals surface area (Å²) in [5.74, 6) is -0.141. The second kappa shape index (κ2) is 8.02. The molecule has 0 spiro atoms. The highest BCUT2D eigenvalue weighted by molar-refractivity contribution is 7.12. The number of nitrogens with one attached hydrogen (secondary N) is 1. The van der Waals surface area contributed by atoms with Crippen LogP contribution < -0.4 is 5.32 Å². The van der Waals surface area contributed by atoms with E-state index in [1.165, 1.54) is 11.3 Å². The number of amides is 2. The van der Waals surface area contributed by atoms with Crippen molar-refractivity contribution in [1.82, 2.24) is 10.2 Å². The van der Waals surface area contributed by atoms with Crippen molar-refractivity contribution in [2.75, 3.05) is 6.54 Å². The number of halogens is 1. The molecule has 1 aliphatic rings. The number of nitrogens with zero attached hydrogens (tertiary/aromatic N) is 1. The standard InChI is InChI=1S/C19H21ClN2O2S/c1-13-7-8-15(20)11-14(13)12-21-18(23)16-5-2-3-9-22(16)19(24)17-6-4-10-25-17/h4,6-8,10-11,16H,2-3,5,9,12H2,1H3,(H,21,23)/t16-/m0/s1. The molecule has 132 valence electrons. The summed E-state index contributed by atoms with van der Waals surface area (Å²) in [6.07, 6.45) is 2.61. The molecule has 1 aromatic heterocycles. The number of aryl methyl sites for hydroxylation is 1. The van der Waals surface area contributed by atoms with E-state index in [1.807, 2.05) is 42.6 Å². The van der Waals surface area contributed by atoms with Gasteiger partial charge in [-0.05, 0) is 60.9 Å². The van der Waals surface area contributed by atoms with Crippen molar-refractivity contribution in [3.63, 3.8) is 0 Å². The van der Waals surface area contributed by atoms with Gasteiger partial charge in [0.1, 0.15) is 6.04 Å². The summed E-state index contributed by atoms with van der Waals surface area (Å²) in [5.41, 5.74) is 2.08. The third-order valence-corrected chi connectivity index (χ3v) is 5.66. The zero-order valence-corrected chi connectivity index (χ0v) is 15.7. The largest absolute Gasteiger partial charge is 0.350 e. The molecule has 1 aromatic carbocycles. The maximum Gasteiger partial charge on any atom is 0.264 e. The summed E-state index contributed by atoms with van der Waals surface area (Å²) in [6.45, 7) is 3.04. The molecule has 1 atom stereocenters. The first-order chi connectivity index (χ1) is 12.1. The fourth-order valence-corrected chi connectivity index (χ4v) is 3.99. The number of piperidine rings is 1. The Balaban J connectivity index is 1.68. The number of carbonyl (C=O) groups excluding carboxylic acids is 2. The molecule has 1 N–H and O–H groups in total. The van der Waals surface area contributed by atoms with Crippen molar-refractivity contribution < 1.29 is 9.59 Å². The van der Waals surface area contributed by atoms with E-state index in [0.717, 1.165) is 24.0 Å². The predicted molar refractivity (Wildman–Crippen MR) is 101 cm³/mol. The maximum atomic E-state index is 12.7. The quantitative estimate of drug-likeness (QED) is 0.876. The van der Waals surface area contributed by atoms with Gasteiger partial charge in [-0.15, -0.1) is 11.3 Å². The first-order valence-electron chi connectivity index (χ1n) is 8.43. The van der Waals surface area contributed by atoms with Crippen molar-refractivity contribution in [2.24, 2.45) is 0 Å². The summed E-state index contributed by atoms with van der Waals surface area (Å²) < 4.78 is 0. The number of likely N-dealkylation sites (tertiary alicyclic amines) is 1. The van der Waals surface area contributed by atoms with Crippen LogP contribution in [0.4, 0.5) is 0 Å². The molecule has 0 bridgehead atoms. The summed E-state index contributed by atoms with van der Waals surface area (Å²) >= 11 is 7.45. The molecule has 6 heteroatoms. The van der Waals surface area contributed by atoms with Crippen molar-refractivity contribution in [2.45, 2.75) is 38.8 Å². The lowest BCUT2D eigenvalue weighted by atomic mass is 10.0. The zero-order valence-electron chi connectivity index (χ0n) is 14.1. The van der Waals surface area contributed by atoms with E-state index in [2.05, 4.69) is 5.32 Å². The highest BCUT2D eigenvalue weighted by Gasteiger charge is 2.32. The fourth-order valence-electron chi connectivity index (χ4n) is 3.12. The van der Waals surface area contributed by atoms with Crippen molar-refractivity contribution in [3.8, 4) is 0 Å². The summed E-state index contributed by atoms with van der Waals surface area (Å²) in [6, 6.07) is 8.92. The van der Waals surface area contributed by atoms with E-state index in [4.69, 9.17) is 11.6 Å². The van der Waals surface area contributed by atoms with Gasteiger partial charge < -0.3 is 10.2 Å². The second-order valence-electron chi connectivity index (χ2n) is 6.28.